The maximum atomic E-state index is 11.2. The van der Waals surface area contributed by atoms with Crippen LogP contribution in [0.4, 0.5) is 0 Å². The van der Waals surface area contributed by atoms with Crippen molar-refractivity contribution < 1.29 is 5.11 Å². The molecule has 1 aromatic heterocycles. The fourth-order valence-corrected chi connectivity index (χ4v) is 4.06. The van der Waals surface area contributed by atoms with E-state index < -0.39 is 5.60 Å². The first-order valence-electron chi connectivity index (χ1n) is 7.16. The molecular weight excluding hydrogens is 236 g/mol. The van der Waals surface area contributed by atoms with Gasteiger partial charge in [-0.3, -0.25) is 0 Å². The van der Waals surface area contributed by atoms with Gasteiger partial charge < -0.3 is 15.0 Å². The van der Waals surface area contributed by atoms with E-state index >= 15 is 0 Å². The number of aryl methyl sites for hydroxylation is 1. The average Bonchev–Trinajstić information content (AvgIpc) is 2.67. The highest BCUT2D eigenvalue weighted by Gasteiger charge is 2.45. The molecule has 2 aromatic rings. The number of benzene rings is 1. The van der Waals surface area contributed by atoms with Gasteiger partial charge in [0.1, 0.15) is 5.60 Å². The Bertz CT molecular complexity index is 673. The van der Waals surface area contributed by atoms with Crippen LogP contribution in [-0.4, -0.2) is 22.3 Å². The molecular formula is C16H20N2O. The van der Waals surface area contributed by atoms with Crippen LogP contribution in [0.2, 0.25) is 0 Å². The number of nitrogens with zero attached hydrogens (tertiary/aromatic N) is 1. The molecule has 0 saturated carbocycles. The van der Waals surface area contributed by atoms with Gasteiger partial charge in [0, 0.05) is 29.7 Å². The summed E-state index contributed by atoms with van der Waals surface area (Å²) in [6.07, 6.45) is 2.86. The fraction of sp³-hybridized carbons (Fsp3) is 0.500. The fourth-order valence-electron chi connectivity index (χ4n) is 4.06. The second-order valence-corrected chi connectivity index (χ2v) is 6.06. The van der Waals surface area contributed by atoms with Crippen molar-refractivity contribution in [2.24, 2.45) is 7.05 Å². The molecule has 2 atom stereocenters. The zero-order chi connectivity index (χ0) is 13.2. The molecule has 2 N–H and O–H groups in total. The third kappa shape index (κ3) is 1.30. The standard InChI is InChI=1S/C16H20N2O/c1-10-11-9-14-16(19,7-4-8-17-14)12-5-3-6-13(15(11)12)18(10)2/h3,5-6,14,17,19H,4,7-9H2,1-2H3/t14-,16+/m1/s1. The van der Waals surface area contributed by atoms with Crippen molar-refractivity contribution in [3.63, 3.8) is 0 Å². The van der Waals surface area contributed by atoms with Crippen LogP contribution < -0.4 is 5.32 Å². The lowest BCUT2D eigenvalue weighted by molar-refractivity contribution is -0.0298. The van der Waals surface area contributed by atoms with Crippen LogP contribution in [0.15, 0.2) is 18.2 Å². The molecule has 100 valence electrons. The summed E-state index contributed by atoms with van der Waals surface area (Å²) in [7, 11) is 2.12. The van der Waals surface area contributed by atoms with E-state index in [1.807, 2.05) is 0 Å². The van der Waals surface area contributed by atoms with Gasteiger partial charge in [0.25, 0.3) is 0 Å². The zero-order valence-electron chi connectivity index (χ0n) is 11.5. The lowest BCUT2D eigenvalue weighted by Crippen LogP contribution is -2.55. The number of nitrogens with one attached hydrogen (secondary N) is 1. The van der Waals surface area contributed by atoms with Crippen LogP contribution >= 0.6 is 0 Å². The highest BCUT2D eigenvalue weighted by Crippen LogP contribution is 2.45. The Balaban J connectivity index is 2.09. The first kappa shape index (κ1) is 11.5. The van der Waals surface area contributed by atoms with Crippen LogP contribution in [0.1, 0.15) is 29.7 Å². The molecule has 2 heterocycles. The molecule has 0 amide bonds. The maximum absolute atomic E-state index is 11.2. The van der Waals surface area contributed by atoms with Crippen molar-refractivity contribution in [1.82, 2.24) is 9.88 Å². The third-order valence-electron chi connectivity index (χ3n) is 5.22. The number of aromatic nitrogens is 1. The predicted molar refractivity (Wildman–Crippen MR) is 76.3 cm³/mol. The third-order valence-corrected chi connectivity index (χ3v) is 5.22. The Morgan fingerprint density at radius 3 is 3.11 bits per heavy atom. The van der Waals surface area contributed by atoms with Gasteiger partial charge in [0.2, 0.25) is 0 Å². The van der Waals surface area contributed by atoms with E-state index in [-0.39, 0.29) is 6.04 Å². The quantitative estimate of drug-likeness (QED) is 0.756. The van der Waals surface area contributed by atoms with Crippen molar-refractivity contribution in [2.75, 3.05) is 6.54 Å². The predicted octanol–water partition coefficient (Wildman–Crippen LogP) is 1.98. The average molecular weight is 256 g/mol. The molecule has 3 nitrogen and oxygen atoms in total. The summed E-state index contributed by atoms with van der Waals surface area (Å²) in [5.41, 5.74) is 4.45. The molecule has 0 bridgehead atoms. The molecule has 4 rings (SSSR count). The molecule has 1 saturated heterocycles. The van der Waals surface area contributed by atoms with Gasteiger partial charge in [-0.2, -0.15) is 0 Å². The molecule has 1 aromatic carbocycles. The molecule has 3 heteroatoms. The second kappa shape index (κ2) is 3.62. The molecule has 2 aliphatic rings. The first-order valence-corrected chi connectivity index (χ1v) is 7.16. The summed E-state index contributed by atoms with van der Waals surface area (Å²) in [6.45, 7) is 3.20. The monoisotopic (exact) mass is 256 g/mol. The Morgan fingerprint density at radius 2 is 2.26 bits per heavy atom. The normalized spacial score (nSPS) is 29.5. The van der Waals surface area contributed by atoms with Crippen LogP contribution in [0.5, 0.6) is 0 Å². The van der Waals surface area contributed by atoms with E-state index in [1.165, 1.54) is 22.2 Å². The minimum absolute atomic E-state index is 0.167. The molecule has 19 heavy (non-hydrogen) atoms. The Hall–Kier alpha value is -1.32. The van der Waals surface area contributed by atoms with E-state index in [0.29, 0.717) is 0 Å². The number of aliphatic hydroxyl groups is 1. The van der Waals surface area contributed by atoms with E-state index in [1.54, 1.807) is 0 Å². The van der Waals surface area contributed by atoms with Gasteiger partial charge in [-0.1, -0.05) is 12.1 Å². The van der Waals surface area contributed by atoms with Crippen molar-refractivity contribution in [3.8, 4) is 0 Å². The molecule has 0 radical (unpaired) electrons. The summed E-state index contributed by atoms with van der Waals surface area (Å²) >= 11 is 0. The number of hydrogen-bond acceptors (Lipinski definition) is 2. The first-order chi connectivity index (χ1) is 9.13. The summed E-state index contributed by atoms with van der Waals surface area (Å²) in [5.74, 6) is 0. The van der Waals surface area contributed by atoms with Gasteiger partial charge in [0.15, 0.2) is 0 Å². The lowest BCUT2D eigenvalue weighted by Gasteiger charge is -2.44. The van der Waals surface area contributed by atoms with Crippen molar-refractivity contribution >= 4 is 10.9 Å². The zero-order valence-corrected chi connectivity index (χ0v) is 11.5. The van der Waals surface area contributed by atoms with E-state index in [4.69, 9.17) is 0 Å². The van der Waals surface area contributed by atoms with Crippen molar-refractivity contribution in [2.45, 2.75) is 37.8 Å². The number of fused-ring (bicyclic) bond motifs is 2. The SMILES string of the molecule is Cc1c2c3c(cccc3n1C)[C@@]1(O)CCCN[C@@H]1C2. The molecule has 1 aliphatic heterocycles. The van der Waals surface area contributed by atoms with E-state index in [0.717, 1.165) is 31.4 Å². The van der Waals surface area contributed by atoms with Crippen molar-refractivity contribution in [3.05, 3.63) is 35.0 Å². The Morgan fingerprint density at radius 1 is 1.42 bits per heavy atom. The lowest BCUT2D eigenvalue weighted by atomic mass is 9.72. The van der Waals surface area contributed by atoms with Gasteiger partial charge >= 0.3 is 0 Å². The smallest absolute Gasteiger partial charge is 0.106 e. The topological polar surface area (TPSA) is 37.2 Å². The van der Waals surface area contributed by atoms with Gasteiger partial charge in [-0.25, -0.2) is 0 Å². The van der Waals surface area contributed by atoms with Crippen LogP contribution in [0, 0.1) is 6.92 Å². The highest BCUT2D eigenvalue weighted by molar-refractivity contribution is 5.90. The van der Waals surface area contributed by atoms with Gasteiger partial charge in [0.05, 0.1) is 0 Å². The summed E-state index contributed by atoms with van der Waals surface area (Å²) < 4.78 is 2.26. The Kier molecular flexibility index (Phi) is 2.19. The highest BCUT2D eigenvalue weighted by atomic mass is 16.3. The van der Waals surface area contributed by atoms with E-state index in [2.05, 4.69) is 42.1 Å². The maximum Gasteiger partial charge on any atom is 0.106 e. The minimum atomic E-state index is -0.682. The molecule has 0 unspecified atom stereocenters. The molecule has 1 fully saturated rings. The van der Waals surface area contributed by atoms with Crippen LogP contribution in [0.25, 0.3) is 10.9 Å². The van der Waals surface area contributed by atoms with Crippen LogP contribution in [-0.2, 0) is 19.1 Å². The molecule has 0 spiro atoms. The summed E-state index contributed by atoms with van der Waals surface area (Å²) in [5, 5.41) is 16.0. The largest absolute Gasteiger partial charge is 0.383 e. The van der Waals surface area contributed by atoms with Gasteiger partial charge in [-0.15, -0.1) is 0 Å². The number of hydrogen-bond donors (Lipinski definition) is 2. The summed E-state index contributed by atoms with van der Waals surface area (Å²) in [4.78, 5) is 0. The van der Waals surface area contributed by atoms with Crippen LogP contribution in [0.3, 0.4) is 0 Å². The second-order valence-electron chi connectivity index (χ2n) is 6.06. The van der Waals surface area contributed by atoms with Crippen molar-refractivity contribution in [1.29, 1.82) is 0 Å². The van der Waals surface area contributed by atoms with E-state index in [9.17, 15) is 5.11 Å². The molecule has 1 aliphatic carbocycles. The van der Waals surface area contributed by atoms with Gasteiger partial charge in [-0.05, 0) is 49.9 Å². The minimum Gasteiger partial charge on any atom is -0.383 e. The summed E-state index contributed by atoms with van der Waals surface area (Å²) in [6, 6.07) is 6.52. The number of piperidine rings is 1. The Labute approximate surface area is 113 Å². The number of rotatable bonds is 0.